The van der Waals surface area contributed by atoms with Crippen LogP contribution in [0.1, 0.15) is 33.2 Å². The molecule has 28 heavy (non-hydrogen) atoms. The standard InChI is InChI=1S/C22H18N4O2/c1-15(27)17-7-10-19(11-8-17)23-22(28)18-9-12-21-20(13-18)24-25-26(21)14-16-5-3-2-4-6-16/h2-13H,14H2,1H3,(H,23,28). The van der Waals surface area contributed by atoms with Crippen LogP contribution in [0.25, 0.3) is 11.0 Å². The molecular weight excluding hydrogens is 352 g/mol. The van der Waals surface area contributed by atoms with Gasteiger partial charge in [0.1, 0.15) is 5.52 Å². The van der Waals surface area contributed by atoms with Crippen molar-refractivity contribution in [1.29, 1.82) is 0 Å². The molecule has 0 aliphatic heterocycles. The molecule has 0 saturated carbocycles. The second-order valence-corrected chi connectivity index (χ2v) is 6.52. The van der Waals surface area contributed by atoms with Gasteiger partial charge in [-0.2, -0.15) is 0 Å². The van der Waals surface area contributed by atoms with E-state index in [1.165, 1.54) is 6.92 Å². The number of benzene rings is 3. The van der Waals surface area contributed by atoms with Crippen LogP contribution in [0.4, 0.5) is 5.69 Å². The van der Waals surface area contributed by atoms with Crippen molar-refractivity contribution in [3.63, 3.8) is 0 Å². The zero-order chi connectivity index (χ0) is 19.5. The fourth-order valence-electron chi connectivity index (χ4n) is 2.98. The molecule has 4 rings (SSSR count). The molecular formula is C22H18N4O2. The highest BCUT2D eigenvalue weighted by Crippen LogP contribution is 2.17. The maximum absolute atomic E-state index is 12.5. The van der Waals surface area contributed by atoms with Crippen molar-refractivity contribution in [1.82, 2.24) is 15.0 Å². The number of hydrogen-bond donors (Lipinski definition) is 1. The minimum absolute atomic E-state index is 0.0121. The topological polar surface area (TPSA) is 76.9 Å². The van der Waals surface area contributed by atoms with E-state index in [1.807, 2.05) is 41.1 Å². The van der Waals surface area contributed by atoms with Gasteiger partial charge in [0.05, 0.1) is 12.1 Å². The van der Waals surface area contributed by atoms with Crippen molar-refractivity contribution >= 4 is 28.4 Å². The Morgan fingerprint density at radius 1 is 0.929 bits per heavy atom. The molecule has 4 aromatic rings. The predicted octanol–water partition coefficient (Wildman–Crippen LogP) is 3.93. The Kier molecular flexibility index (Phi) is 4.68. The van der Waals surface area contributed by atoms with E-state index in [0.717, 1.165) is 11.1 Å². The average molecular weight is 370 g/mol. The van der Waals surface area contributed by atoms with Gasteiger partial charge in [-0.25, -0.2) is 4.68 Å². The van der Waals surface area contributed by atoms with Gasteiger partial charge < -0.3 is 5.32 Å². The number of amides is 1. The summed E-state index contributed by atoms with van der Waals surface area (Å²) in [6, 6.07) is 22.2. The molecule has 0 aliphatic rings. The second kappa shape index (κ2) is 7.44. The minimum Gasteiger partial charge on any atom is -0.322 e. The summed E-state index contributed by atoms with van der Waals surface area (Å²) >= 11 is 0. The first kappa shape index (κ1) is 17.6. The van der Waals surface area contributed by atoms with Gasteiger partial charge in [0.25, 0.3) is 5.91 Å². The van der Waals surface area contributed by atoms with E-state index in [1.54, 1.807) is 36.4 Å². The van der Waals surface area contributed by atoms with Crippen molar-refractivity contribution < 1.29 is 9.59 Å². The van der Waals surface area contributed by atoms with Crippen LogP contribution in [0.5, 0.6) is 0 Å². The molecule has 0 bridgehead atoms. The van der Waals surface area contributed by atoms with Crippen LogP contribution < -0.4 is 5.32 Å². The Hall–Kier alpha value is -3.80. The average Bonchev–Trinajstić information content (AvgIpc) is 3.11. The lowest BCUT2D eigenvalue weighted by molar-refractivity contribution is 0.101. The first-order chi connectivity index (χ1) is 13.6. The van der Waals surface area contributed by atoms with E-state index in [4.69, 9.17) is 0 Å². The summed E-state index contributed by atoms with van der Waals surface area (Å²) in [5.74, 6) is -0.253. The van der Waals surface area contributed by atoms with Gasteiger partial charge in [-0.3, -0.25) is 9.59 Å². The van der Waals surface area contributed by atoms with Gasteiger partial charge in [0.15, 0.2) is 5.78 Å². The summed E-state index contributed by atoms with van der Waals surface area (Å²) < 4.78 is 1.81. The van der Waals surface area contributed by atoms with Gasteiger partial charge in [0.2, 0.25) is 0 Å². The van der Waals surface area contributed by atoms with E-state index in [2.05, 4.69) is 15.6 Å². The maximum Gasteiger partial charge on any atom is 0.255 e. The molecule has 1 N–H and O–H groups in total. The fraction of sp³-hybridized carbons (Fsp3) is 0.0909. The Morgan fingerprint density at radius 3 is 2.36 bits per heavy atom. The molecule has 0 unspecified atom stereocenters. The predicted molar refractivity (Wildman–Crippen MR) is 107 cm³/mol. The number of fused-ring (bicyclic) bond motifs is 1. The number of rotatable bonds is 5. The van der Waals surface area contributed by atoms with Crippen molar-refractivity contribution in [2.75, 3.05) is 5.32 Å². The quantitative estimate of drug-likeness (QED) is 0.540. The number of nitrogens with one attached hydrogen (secondary N) is 1. The fourth-order valence-corrected chi connectivity index (χ4v) is 2.98. The van der Waals surface area contributed by atoms with E-state index in [0.29, 0.717) is 28.9 Å². The highest BCUT2D eigenvalue weighted by molar-refractivity contribution is 6.06. The van der Waals surface area contributed by atoms with Gasteiger partial charge >= 0.3 is 0 Å². The second-order valence-electron chi connectivity index (χ2n) is 6.52. The summed E-state index contributed by atoms with van der Waals surface area (Å²) in [5.41, 5.74) is 4.39. The summed E-state index contributed by atoms with van der Waals surface area (Å²) in [6.07, 6.45) is 0. The number of anilines is 1. The van der Waals surface area contributed by atoms with Crippen molar-refractivity contribution in [3.05, 3.63) is 89.5 Å². The molecule has 138 valence electrons. The third-order valence-corrected chi connectivity index (χ3v) is 4.50. The molecule has 3 aromatic carbocycles. The van der Waals surface area contributed by atoms with Crippen LogP contribution in [0.15, 0.2) is 72.8 Å². The molecule has 1 heterocycles. The number of aromatic nitrogens is 3. The van der Waals surface area contributed by atoms with Crippen LogP contribution in [-0.4, -0.2) is 26.7 Å². The van der Waals surface area contributed by atoms with E-state index in [9.17, 15) is 9.59 Å². The number of ketones is 1. The van der Waals surface area contributed by atoms with Gasteiger partial charge in [-0.15, -0.1) is 5.10 Å². The summed E-state index contributed by atoms with van der Waals surface area (Å²) in [6.45, 7) is 2.12. The highest BCUT2D eigenvalue weighted by Gasteiger charge is 2.11. The summed E-state index contributed by atoms with van der Waals surface area (Å²) in [5, 5.41) is 11.2. The molecule has 6 nitrogen and oxygen atoms in total. The van der Waals surface area contributed by atoms with Gasteiger partial charge in [-0.1, -0.05) is 35.5 Å². The number of hydrogen-bond acceptors (Lipinski definition) is 4. The molecule has 0 atom stereocenters. The Labute approximate surface area is 161 Å². The number of nitrogens with zero attached hydrogens (tertiary/aromatic N) is 3. The van der Waals surface area contributed by atoms with Crippen molar-refractivity contribution in [2.24, 2.45) is 0 Å². The molecule has 0 radical (unpaired) electrons. The smallest absolute Gasteiger partial charge is 0.255 e. The SMILES string of the molecule is CC(=O)c1ccc(NC(=O)c2ccc3c(c2)nnn3Cc2ccccc2)cc1. The lowest BCUT2D eigenvalue weighted by atomic mass is 10.1. The maximum atomic E-state index is 12.5. The number of carbonyl (C=O) groups excluding carboxylic acids is 2. The van der Waals surface area contributed by atoms with Crippen LogP contribution in [0.2, 0.25) is 0 Å². The van der Waals surface area contributed by atoms with Gasteiger partial charge in [-0.05, 0) is 55.0 Å². The highest BCUT2D eigenvalue weighted by atomic mass is 16.1. The van der Waals surface area contributed by atoms with Crippen LogP contribution >= 0.6 is 0 Å². The van der Waals surface area contributed by atoms with E-state index < -0.39 is 0 Å². The molecule has 0 aliphatic carbocycles. The normalized spacial score (nSPS) is 10.8. The lowest BCUT2D eigenvalue weighted by Crippen LogP contribution is -2.12. The molecule has 6 heteroatoms. The Balaban J connectivity index is 1.53. The molecule has 0 saturated heterocycles. The van der Waals surface area contributed by atoms with Gasteiger partial charge in [0, 0.05) is 16.8 Å². The zero-order valence-electron chi connectivity index (χ0n) is 15.3. The summed E-state index contributed by atoms with van der Waals surface area (Å²) in [4.78, 5) is 23.9. The van der Waals surface area contributed by atoms with Crippen LogP contribution in [0.3, 0.4) is 0 Å². The van der Waals surface area contributed by atoms with Crippen LogP contribution in [0, 0.1) is 0 Å². The number of Topliss-reactive ketones (excluding diaryl/α,β-unsaturated/α-hetero) is 1. The number of carbonyl (C=O) groups is 2. The monoisotopic (exact) mass is 370 g/mol. The Bertz CT molecular complexity index is 1150. The van der Waals surface area contributed by atoms with E-state index >= 15 is 0 Å². The zero-order valence-corrected chi connectivity index (χ0v) is 15.3. The van der Waals surface area contributed by atoms with Crippen molar-refractivity contribution in [3.8, 4) is 0 Å². The van der Waals surface area contributed by atoms with E-state index in [-0.39, 0.29) is 11.7 Å². The third-order valence-electron chi connectivity index (χ3n) is 4.50. The Morgan fingerprint density at radius 2 is 1.64 bits per heavy atom. The first-order valence-corrected chi connectivity index (χ1v) is 8.90. The molecule has 1 amide bonds. The molecule has 1 aromatic heterocycles. The minimum atomic E-state index is -0.241. The third kappa shape index (κ3) is 3.66. The lowest BCUT2D eigenvalue weighted by Gasteiger charge is -2.06. The molecule has 0 spiro atoms. The molecule has 0 fully saturated rings. The van der Waals surface area contributed by atoms with Crippen molar-refractivity contribution in [2.45, 2.75) is 13.5 Å². The van der Waals surface area contributed by atoms with Crippen LogP contribution in [-0.2, 0) is 6.54 Å². The first-order valence-electron chi connectivity index (χ1n) is 8.90. The largest absolute Gasteiger partial charge is 0.322 e. The summed E-state index contributed by atoms with van der Waals surface area (Å²) in [7, 11) is 0.